The Kier molecular flexibility index (Phi) is 4.00. The first-order valence-electron chi connectivity index (χ1n) is 7.20. The Bertz CT molecular complexity index is 595. The summed E-state index contributed by atoms with van der Waals surface area (Å²) in [4.78, 5) is 0. The molecule has 19 heavy (non-hydrogen) atoms. The molecule has 104 valence electrons. The molecule has 2 nitrogen and oxygen atoms in total. The molecule has 1 heterocycles. The van der Waals surface area contributed by atoms with Crippen LogP contribution >= 0.6 is 0 Å². The van der Waals surface area contributed by atoms with Gasteiger partial charge in [0.05, 0.1) is 6.04 Å². The van der Waals surface area contributed by atoms with Crippen molar-refractivity contribution in [1.29, 1.82) is 0 Å². The molecule has 0 aliphatic rings. The zero-order chi connectivity index (χ0) is 14.2. The number of rotatable bonds is 4. The van der Waals surface area contributed by atoms with E-state index in [1.54, 1.807) is 0 Å². The van der Waals surface area contributed by atoms with Crippen molar-refractivity contribution in [2.24, 2.45) is 0 Å². The molecule has 0 radical (unpaired) electrons. The Morgan fingerprint density at radius 2 is 1.79 bits per heavy atom. The van der Waals surface area contributed by atoms with Gasteiger partial charge in [0, 0.05) is 10.9 Å². The van der Waals surface area contributed by atoms with E-state index in [1.165, 1.54) is 27.6 Å². The van der Waals surface area contributed by atoms with Gasteiger partial charge in [-0.25, -0.2) is 0 Å². The molecular weight excluding hydrogens is 234 g/mol. The van der Waals surface area contributed by atoms with Crippen molar-refractivity contribution in [3.05, 3.63) is 34.1 Å². The van der Waals surface area contributed by atoms with Crippen molar-refractivity contribution in [1.82, 2.24) is 5.32 Å². The standard InChI is InChI=1S/C17H25NO/c1-7-8-18-14(6)16-13(5)15-11(3)9-10(2)12(4)17(15)19-16/h9,14,18H,7-8H2,1-6H3. The Balaban J connectivity index is 2.56. The third-order valence-corrected chi connectivity index (χ3v) is 4.04. The number of benzene rings is 1. The molecule has 2 aromatic rings. The molecule has 1 aromatic carbocycles. The van der Waals surface area contributed by atoms with Crippen LogP contribution in [0.15, 0.2) is 10.5 Å². The second-order valence-electron chi connectivity index (χ2n) is 5.61. The summed E-state index contributed by atoms with van der Waals surface area (Å²) in [6.45, 7) is 14.0. The quantitative estimate of drug-likeness (QED) is 0.859. The molecule has 0 spiro atoms. The molecule has 0 bridgehead atoms. The lowest BCUT2D eigenvalue weighted by atomic mass is 9.99. The first-order chi connectivity index (χ1) is 8.97. The van der Waals surface area contributed by atoms with Crippen LogP contribution in [0, 0.1) is 27.7 Å². The van der Waals surface area contributed by atoms with Crippen molar-refractivity contribution < 1.29 is 4.42 Å². The van der Waals surface area contributed by atoms with E-state index in [4.69, 9.17) is 4.42 Å². The number of furan rings is 1. The number of hydrogen-bond acceptors (Lipinski definition) is 2. The second-order valence-corrected chi connectivity index (χ2v) is 5.61. The lowest BCUT2D eigenvalue weighted by Crippen LogP contribution is -2.19. The SMILES string of the molecule is CCCNC(C)c1oc2c(C)c(C)cc(C)c2c1C. The molecule has 2 rings (SSSR count). The van der Waals surface area contributed by atoms with E-state index >= 15 is 0 Å². The van der Waals surface area contributed by atoms with Gasteiger partial charge in [-0.1, -0.05) is 13.0 Å². The van der Waals surface area contributed by atoms with Crippen LogP contribution in [0.3, 0.4) is 0 Å². The van der Waals surface area contributed by atoms with Crippen molar-refractivity contribution in [3.8, 4) is 0 Å². The lowest BCUT2D eigenvalue weighted by molar-refractivity contribution is 0.448. The third-order valence-electron chi connectivity index (χ3n) is 4.04. The average Bonchev–Trinajstić information content (AvgIpc) is 2.71. The molecule has 0 aliphatic carbocycles. The van der Waals surface area contributed by atoms with Crippen molar-refractivity contribution in [2.45, 2.75) is 54.0 Å². The van der Waals surface area contributed by atoms with Gasteiger partial charge in [-0.05, 0) is 64.3 Å². The molecular formula is C17H25NO. The van der Waals surface area contributed by atoms with Crippen molar-refractivity contribution in [2.75, 3.05) is 6.54 Å². The highest BCUT2D eigenvalue weighted by Gasteiger charge is 2.19. The van der Waals surface area contributed by atoms with E-state index in [1.807, 2.05) is 0 Å². The van der Waals surface area contributed by atoms with Crippen molar-refractivity contribution >= 4 is 11.0 Å². The molecule has 0 fully saturated rings. The van der Waals surface area contributed by atoms with E-state index in [9.17, 15) is 0 Å². The zero-order valence-electron chi connectivity index (χ0n) is 13.0. The maximum absolute atomic E-state index is 6.19. The van der Waals surface area contributed by atoms with E-state index in [0.717, 1.165) is 24.3 Å². The minimum Gasteiger partial charge on any atom is -0.459 e. The van der Waals surface area contributed by atoms with Crippen LogP contribution in [0.2, 0.25) is 0 Å². The predicted molar refractivity (Wildman–Crippen MR) is 81.9 cm³/mol. The second kappa shape index (κ2) is 5.38. The van der Waals surface area contributed by atoms with Gasteiger partial charge in [-0.15, -0.1) is 0 Å². The van der Waals surface area contributed by atoms with Crippen LogP contribution < -0.4 is 5.32 Å². The van der Waals surface area contributed by atoms with Gasteiger partial charge in [0.25, 0.3) is 0 Å². The fourth-order valence-electron chi connectivity index (χ4n) is 2.82. The van der Waals surface area contributed by atoms with Crippen LogP contribution in [0.5, 0.6) is 0 Å². The first kappa shape index (κ1) is 14.1. The topological polar surface area (TPSA) is 25.2 Å². The number of nitrogens with one attached hydrogen (secondary N) is 1. The van der Waals surface area contributed by atoms with Gasteiger partial charge < -0.3 is 9.73 Å². The number of fused-ring (bicyclic) bond motifs is 1. The van der Waals surface area contributed by atoms with Gasteiger partial charge in [0.2, 0.25) is 0 Å². The van der Waals surface area contributed by atoms with Gasteiger partial charge in [-0.3, -0.25) is 0 Å². The van der Waals surface area contributed by atoms with E-state index in [2.05, 4.69) is 52.9 Å². The Hall–Kier alpha value is -1.28. The summed E-state index contributed by atoms with van der Waals surface area (Å²) in [6.07, 6.45) is 1.14. The summed E-state index contributed by atoms with van der Waals surface area (Å²) < 4.78 is 6.19. The van der Waals surface area contributed by atoms with E-state index in [-0.39, 0.29) is 6.04 Å². The first-order valence-corrected chi connectivity index (χ1v) is 7.20. The summed E-state index contributed by atoms with van der Waals surface area (Å²) in [7, 11) is 0. The summed E-state index contributed by atoms with van der Waals surface area (Å²) in [5.41, 5.74) is 6.23. The molecule has 0 aliphatic heterocycles. The molecule has 1 N–H and O–H groups in total. The molecule has 0 saturated carbocycles. The maximum Gasteiger partial charge on any atom is 0.138 e. The van der Waals surface area contributed by atoms with Crippen LogP contribution in [-0.4, -0.2) is 6.54 Å². The Morgan fingerprint density at radius 3 is 2.42 bits per heavy atom. The monoisotopic (exact) mass is 259 g/mol. The van der Waals surface area contributed by atoms with Gasteiger partial charge >= 0.3 is 0 Å². The minimum atomic E-state index is 0.270. The normalized spacial score (nSPS) is 13.2. The highest BCUT2D eigenvalue weighted by atomic mass is 16.3. The van der Waals surface area contributed by atoms with Crippen LogP contribution in [0.4, 0.5) is 0 Å². The summed E-state index contributed by atoms with van der Waals surface area (Å²) >= 11 is 0. The zero-order valence-corrected chi connectivity index (χ0v) is 13.0. The number of aryl methyl sites for hydroxylation is 4. The summed E-state index contributed by atoms with van der Waals surface area (Å²) in [5, 5.41) is 4.80. The summed E-state index contributed by atoms with van der Waals surface area (Å²) in [5.74, 6) is 1.08. The van der Waals surface area contributed by atoms with Crippen molar-refractivity contribution in [3.63, 3.8) is 0 Å². The summed E-state index contributed by atoms with van der Waals surface area (Å²) in [6, 6.07) is 2.53. The molecule has 2 heteroatoms. The Labute approximate surface area is 116 Å². The molecule has 1 atom stereocenters. The maximum atomic E-state index is 6.19. The smallest absolute Gasteiger partial charge is 0.138 e. The third kappa shape index (κ3) is 2.42. The Morgan fingerprint density at radius 1 is 1.11 bits per heavy atom. The van der Waals surface area contributed by atoms with Crippen LogP contribution in [0.25, 0.3) is 11.0 Å². The average molecular weight is 259 g/mol. The van der Waals surface area contributed by atoms with Crippen LogP contribution in [-0.2, 0) is 0 Å². The van der Waals surface area contributed by atoms with Gasteiger partial charge in [0.15, 0.2) is 0 Å². The number of hydrogen-bond donors (Lipinski definition) is 1. The molecule has 1 unspecified atom stereocenters. The van der Waals surface area contributed by atoms with E-state index in [0.29, 0.717) is 0 Å². The lowest BCUT2D eigenvalue weighted by Gasteiger charge is -2.11. The highest BCUT2D eigenvalue weighted by Crippen LogP contribution is 2.34. The molecule has 0 saturated heterocycles. The fourth-order valence-corrected chi connectivity index (χ4v) is 2.82. The molecule has 0 amide bonds. The van der Waals surface area contributed by atoms with Gasteiger partial charge in [0.1, 0.15) is 11.3 Å². The van der Waals surface area contributed by atoms with Gasteiger partial charge in [-0.2, -0.15) is 0 Å². The largest absolute Gasteiger partial charge is 0.459 e. The fraction of sp³-hybridized carbons (Fsp3) is 0.529. The molecule has 1 aromatic heterocycles. The predicted octanol–water partition coefficient (Wildman–Crippen LogP) is 4.73. The van der Waals surface area contributed by atoms with Crippen LogP contribution in [0.1, 0.15) is 54.3 Å². The minimum absolute atomic E-state index is 0.270. The highest BCUT2D eigenvalue weighted by molar-refractivity contribution is 5.88. The van der Waals surface area contributed by atoms with E-state index < -0.39 is 0 Å².